The molecular formula is C30H23BrClN3O3S. The fourth-order valence-electron chi connectivity index (χ4n) is 3.47. The third kappa shape index (κ3) is 8.58. The number of hydrogen-bond acceptors (Lipinski definition) is 4. The van der Waals surface area contributed by atoms with E-state index in [1.165, 1.54) is 11.8 Å². The lowest BCUT2D eigenvalue weighted by molar-refractivity contribution is -0.114. The summed E-state index contributed by atoms with van der Waals surface area (Å²) in [4.78, 5) is 39.3. The summed E-state index contributed by atoms with van der Waals surface area (Å²) in [6, 6.07) is 30.1. The number of carbonyl (C=O) groups is 3. The van der Waals surface area contributed by atoms with Crippen molar-refractivity contribution >= 4 is 74.5 Å². The number of anilines is 2. The molecule has 0 spiro atoms. The number of hydrogen-bond donors (Lipinski definition) is 3. The molecule has 39 heavy (non-hydrogen) atoms. The van der Waals surface area contributed by atoms with Crippen LogP contribution in [0, 0.1) is 0 Å². The lowest BCUT2D eigenvalue weighted by Gasteiger charge is -2.12. The summed E-state index contributed by atoms with van der Waals surface area (Å²) in [5.41, 5.74) is 2.34. The topological polar surface area (TPSA) is 87.3 Å². The minimum Gasteiger partial charge on any atom is -0.324 e. The summed E-state index contributed by atoms with van der Waals surface area (Å²) in [7, 11) is 0. The summed E-state index contributed by atoms with van der Waals surface area (Å²) < 4.78 is 0.800. The summed E-state index contributed by atoms with van der Waals surface area (Å²) >= 11 is 10.9. The van der Waals surface area contributed by atoms with Gasteiger partial charge < -0.3 is 16.0 Å². The van der Waals surface area contributed by atoms with Crippen molar-refractivity contribution in [3.8, 4) is 0 Å². The van der Waals surface area contributed by atoms with E-state index in [-0.39, 0.29) is 17.4 Å². The molecule has 196 valence electrons. The first kappa shape index (κ1) is 28.2. The number of halogens is 2. The first-order chi connectivity index (χ1) is 18.9. The molecule has 0 unspecified atom stereocenters. The van der Waals surface area contributed by atoms with Crippen molar-refractivity contribution in [3.63, 3.8) is 0 Å². The molecule has 0 aliphatic rings. The molecule has 0 bridgehead atoms. The summed E-state index contributed by atoms with van der Waals surface area (Å²) in [5.74, 6) is -0.893. The SMILES string of the molecule is O=C(CSc1cccc(NC(=O)/C(=C/c2cccc(Cl)c2)NC(=O)c2ccccc2)c1)Nc1ccccc1Br. The molecule has 0 radical (unpaired) electrons. The van der Waals surface area contributed by atoms with Crippen LogP contribution in [0.15, 0.2) is 118 Å². The molecule has 0 saturated carbocycles. The lowest BCUT2D eigenvalue weighted by Crippen LogP contribution is -2.30. The molecule has 4 rings (SSSR count). The molecule has 9 heteroatoms. The van der Waals surface area contributed by atoms with E-state index < -0.39 is 11.8 Å². The van der Waals surface area contributed by atoms with Gasteiger partial charge in [-0.3, -0.25) is 14.4 Å². The average Bonchev–Trinajstić information content (AvgIpc) is 2.93. The average molecular weight is 621 g/mol. The molecule has 6 nitrogen and oxygen atoms in total. The van der Waals surface area contributed by atoms with Crippen molar-refractivity contribution in [2.75, 3.05) is 16.4 Å². The van der Waals surface area contributed by atoms with E-state index in [1.54, 1.807) is 78.9 Å². The largest absolute Gasteiger partial charge is 0.324 e. The second kappa shape index (κ2) is 13.8. The molecular weight excluding hydrogens is 598 g/mol. The van der Waals surface area contributed by atoms with Gasteiger partial charge in [0.25, 0.3) is 11.8 Å². The van der Waals surface area contributed by atoms with Crippen LogP contribution < -0.4 is 16.0 Å². The second-order valence-corrected chi connectivity index (χ2v) is 10.6. The van der Waals surface area contributed by atoms with E-state index in [9.17, 15) is 14.4 Å². The molecule has 0 aliphatic heterocycles. The third-order valence-electron chi connectivity index (χ3n) is 5.30. The number of amides is 3. The third-order valence-corrected chi connectivity index (χ3v) is 7.22. The molecule has 4 aromatic rings. The fraction of sp³-hybridized carbons (Fsp3) is 0.0333. The van der Waals surface area contributed by atoms with Gasteiger partial charge in [0.15, 0.2) is 0 Å². The van der Waals surface area contributed by atoms with Gasteiger partial charge in [0.05, 0.1) is 11.4 Å². The number of para-hydroxylation sites is 1. The van der Waals surface area contributed by atoms with E-state index in [2.05, 4.69) is 31.9 Å². The standard InChI is InChI=1S/C30H23BrClN3O3S/c31-25-14-4-5-15-26(25)34-28(36)19-39-24-13-7-12-23(18-24)33-30(38)27(17-20-8-6-11-22(32)16-20)35-29(37)21-9-2-1-3-10-21/h1-18H,19H2,(H,33,38)(H,34,36)(H,35,37)/b27-17-. The summed E-state index contributed by atoms with van der Waals surface area (Å²) in [6.45, 7) is 0. The second-order valence-electron chi connectivity index (χ2n) is 8.23. The zero-order chi connectivity index (χ0) is 27.6. The molecule has 0 saturated heterocycles. The number of thioether (sulfide) groups is 1. The Morgan fingerprint density at radius 2 is 1.56 bits per heavy atom. The maximum absolute atomic E-state index is 13.3. The van der Waals surface area contributed by atoms with Gasteiger partial charge >= 0.3 is 0 Å². The molecule has 3 N–H and O–H groups in total. The fourth-order valence-corrected chi connectivity index (χ4v) is 4.80. The van der Waals surface area contributed by atoms with Gasteiger partial charge in [0, 0.05) is 25.6 Å². The highest BCUT2D eigenvalue weighted by molar-refractivity contribution is 9.10. The predicted octanol–water partition coefficient (Wildman–Crippen LogP) is 7.24. The van der Waals surface area contributed by atoms with Crippen LogP contribution in [0.5, 0.6) is 0 Å². The van der Waals surface area contributed by atoms with Crippen LogP contribution in [-0.4, -0.2) is 23.5 Å². The van der Waals surface area contributed by atoms with Crippen LogP contribution in [0.4, 0.5) is 11.4 Å². The highest BCUT2D eigenvalue weighted by Crippen LogP contribution is 2.24. The van der Waals surface area contributed by atoms with E-state index in [0.717, 1.165) is 9.37 Å². The first-order valence-electron chi connectivity index (χ1n) is 11.8. The Hall–Kier alpha value is -3.85. The Morgan fingerprint density at radius 1 is 0.821 bits per heavy atom. The van der Waals surface area contributed by atoms with Crippen molar-refractivity contribution in [2.24, 2.45) is 0 Å². The number of benzene rings is 4. The van der Waals surface area contributed by atoms with Crippen LogP contribution >= 0.6 is 39.3 Å². The maximum Gasteiger partial charge on any atom is 0.272 e. The van der Waals surface area contributed by atoms with Crippen molar-refractivity contribution in [2.45, 2.75) is 4.90 Å². The quantitative estimate of drug-likeness (QED) is 0.136. The van der Waals surface area contributed by atoms with Crippen molar-refractivity contribution in [3.05, 3.63) is 129 Å². The summed E-state index contributed by atoms with van der Waals surface area (Å²) in [5, 5.41) is 8.92. The smallest absolute Gasteiger partial charge is 0.272 e. The van der Waals surface area contributed by atoms with Crippen LogP contribution in [0.1, 0.15) is 15.9 Å². The highest BCUT2D eigenvalue weighted by atomic mass is 79.9. The zero-order valence-electron chi connectivity index (χ0n) is 20.5. The molecule has 0 fully saturated rings. The van der Waals surface area contributed by atoms with E-state index in [0.29, 0.717) is 27.5 Å². The van der Waals surface area contributed by atoms with Gasteiger partial charge in [-0.2, -0.15) is 0 Å². The van der Waals surface area contributed by atoms with E-state index >= 15 is 0 Å². The van der Waals surface area contributed by atoms with E-state index in [1.807, 2.05) is 30.3 Å². The van der Waals surface area contributed by atoms with Gasteiger partial charge in [-0.25, -0.2) is 0 Å². The number of nitrogens with one attached hydrogen (secondary N) is 3. The number of rotatable bonds is 9. The zero-order valence-corrected chi connectivity index (χ0v) is 23.6. The predicted molar refractivity (Wildman–Crippen MR) is 162 cm³/mol. The molecule has 0 atom stereocenters. The van der Waals surface area contributed by atoms with Gasteiger partial charge in [0.1, 0.15) is 5.70 Å². The van der Waals surface area contributed by atoms with Crippen molar-refractivity contribution in [1.29, 1.82) is 0 Å². The van der Waals surface area contributed by atoms with Gasteiger partial charge in [0.2, 0.25) is 5.91 Å². The summed E-state index contributed by atoms with van der Waals surface area (Å²) in [6.07, 6.45) is 1.56. The molecule has 0 aromatic heterocycles. The lowest BCUT2D eigenvalue weighted by atomic mass is 10.1. The Labute approximate surface area is 244 Å². The highest BCUT2D eigenvalue weighted by Gasteiger charge is 2.16. The minimum absolute atomic E-state index is 0.0528. The molecule has 3 amide bonds. The Morgan fingerprint density at radius 3 is 2.33 bits per heavy atom. The van der Waals surface area contributed by atoms with Crippen molar-refractivity contribution in [1.82, 2.24) is 5.32 Å². The van der Waals surface area contributed by atoms with Gasteiger partial charge in [-0.05, 0) is 82.2 Å². The van der Waals surface area contributed by atoms with Gasteiger partial charge in [-0.15, -0.1) is 11.8 Å². The first-order valence-corrected chi connectivity index (χ1v) is 14.0. The Bertz CT molecular complexity index is 1530. The molecule has 4 aromatic carbocycles. The van der Waals surface area contributed by atoms with Crippen LogP contribution in [-0.2, 0) is 9.59 Å². The Balaban J connectivity index is 1.46. The Kier molecular flexibility index (Phi) is 9.97. The van der Waals surface area contributed by atoms with Crippen molar-refractivity contribution < 1.29 is 14.4 Å². The monoisotopic (exact) mass is 619 g/mol. The number of carbonyl (C=O) groups excluding carboxylic acids is 3. The van der Waals surface area contributed by atoms with Gasteiger partial charge in [-0.1, -0.05) is 60.1 Å². The maximum atomic E-state index is 13.3. The van der Waals surface area contributed by atoms with Crippen LogP contribution in [0.25, 0.3) is 6.08 Å². The van der Waals surface area contributed by atoms with Crippen LogP contribution in [0.2, 0.25) is 5.02 Å². The minimum atomic E-state index is -0.506. The van der Waals surface area contributed by atoms with Crippen LogP contribution in [0.3, 0.4) is 0 Å². The normalized spacial score (nSPS) is 11.0. The molecule has 0 aliphatic carbocycles. The molecule has 0 heterocycles. The van der Waals surface area contributed by atoms with E-state index in [4.69, 9.17) is 11.6 Å².